The van der Waals surface area contributed by atoms with Crippen molar-refractivity contribution in [2.45, 2.75) is 86.2 Å². The number of aliphatic hydroxyl groups excluding tert-OH is 3. The van der Waals surface area contributed by atoms with E-state index in [2.05, 4.69) is 29.0 Å². The molecule has 4 heterocycles. The van der Waals surface area contributed by atoms with Crippen LogP contribution >= 0.6 is 0 Å². The van der Waals surface area contributed by atoms with Gasteiger partial charge in [-0.2, -0.15) is 0 Å². The Morgan fingerprint density at radius 2 is 1.92 bits per heavy atom. The number of hydrogen-bond donors (Lipinski definition) is 5. The zero-order chi connectivity index (χ0) is 26.9. The summed E-state index contributed by atoms with van der Waals surface area (Å²) in [6.07, 6.45) is 8.01. The number of rotatable bonds is 2. The molecule has 4 fully saturated rings. The van der Waals surface area contributed by atoms with Gasteiger partial charge in [-0.15, -0.1) is 0 Å². The van der Waals surface area contributed by atoms with E-state index in [-0.39, 0.29) is 18.0 Å². The van der Waals surface area contributed by atoms with Gasteiger partial charge in [-0.05, 0) is 66.3 Å². The second-order valence-electron chi connectivity index (χ2n) is 13.3. The number of ether oxygens (including phenoxy) is 1. The normalized spacial score (nSPS) is 47.2. The first kappa shape index (κ1) is 24.6. The number of likely N-dealkylation sites (tertiary alicyclic amines) is 1. The third-order valence-corrected chi connectivity index (χ3v) is 11.6. The van der Waals surface area contributed by atoms with E-state index in [1.54, 1.807) is 12.4 Å². The molecule has 6 aliphatic rings. The number of aromatic nitrogens is 1. The van der Waals surface area contributed by atoms with Crippen LogP contribution in [-0.2, 0) is 10.3 Å². The second kappa shape index (κ2) is 7.76. The lowest BCUT2D eigenvalue weighted by molar-refractivity contribution is -0.190. The number of aliphatic hydroxyl groups is 4. The van der Waals surface area contributed by atoms with E-state index in [1.807, 2.05) is 24.3 Å². The molecular weight excluding hydrogens is 494 g/mol. The molecule has 0 amide bonds. The van der Waals surface area contributed by atoms with Crippen LogP contribution in [0, 0.1) is 11.3 Å². The zero-order valence-electron chi connectivity index (χ0n) is 22.2. The highest BCUT2D eigenvalue weighted by Crippen LogP contribution is 2.70. The summed E-state index contributed by atoms with van der Waals surface area (Å²) in [5, 5.41) is 48.5. The zero-order valence-corrected chi connectivity index (χ0v) is 22.2. The summed E-state index contributed by atoms with van der Waals surface area (Å²) >= 11 is 0. The molecule has 206 valence electrons. The Balaban J connectivity index is 1.21. The summed E-state index contributed by atoms with van der Waals surface area (Å²) in [6, 6.07) is 7.72. The number of nitrogens with two attached hydrogens (primary N) is 1. The molecule has 9 atom stereocenters. The predicted molar refractivity (Wildman–Crippen MR) is 144 cm³/mol. The number of benzene rings is 1. The summed E-state index contributed by atoms with van der Waals surface area (Å²) in [4.78, 5) is 6.43. The van der Waals surface area contributed by atoms with Crippen LogP contribution in [0.15, 0.2) is 60.0 Å². The van der Waals surface area contributed by atoms with Crippen LogP contribution in [0.1, 0.15) is 44.6 Å². The van der Waals surface area contributed by atoms with Crippen LogP contribution < -0.4 is 5.73 Å². The monoisotopic (exact) mass is 531 g/mol. The smallest absolute Gasteiger partial charge is 0.121 e. The third-order valence-electron chi connectivity index (χ3n) is 11.6. The minimum atomic E-state index is -1.46. The number of fused-ring (bicyclic) bond motifs is 2. The number of pyridine rings is 1. The lowest BCUT2D eigenvalue weighted by atomic mass is 9.56. The highest BCUT2D eigenvalue weighted by Gasteiger charge is 2.73. The van der Waals surface area contributed by atoms with Crippen molar-refractivity contribution in [2.24, 2.45) is 17.1 Å². The van der Waals surface area contributed by atoms with Gasteiger partial charge < -0.3 is 30.9 Å². The Morgan fingerprint density at radius 1 is 1.10 bits per heavy atom. The fourth-order valence-corrected chi connectivity index (χ4v) is 9.45. The molecular formula is C31H37N3O5. The summed E-state index contributed by atoms with van der Waals surface area (Å²) in [7, 11) is 0. The molecule has 8 heteroatoms. The molecule has 2 bridgehead atoms. The second-order valence-corrected chi connectivity index (χ2v) is 13.3. The largest absolute Gasteiger partial charge is 0.390 e. The Hall–Kier alpha value is -2.17. The van der Waals surface area contributed by atoms with Crippen LogP contribution in [0.2, 0.25) is 0 Å². The van der Waals surface area contributed by atoms with Gasteiger partial charge in [0.25, 0.3) is 0 Å². The number of nitrogens with zero attached hydrogens (tertiary/aromatic N) is 2. The Bertz CT molecular complexity index is 1440. The Kier molecular flexibility index (Phi) is 4.90. The van der Waals surface area contributed by atoms with Gasteiger partial charge in [0.2, 0.25) is 0 Å². The summed E-state index contributed by atoms with van der Waals surface area (Å²) in [5.74, 6) is -0.119. The number of allylic oxidation sites excluding steroid dienone is 1. The predicted octanol–water partition coefficient (Wildman–Crippen LogP) is 1.50. The molecule has 1 aromatic heterocycles. The molecule has 2 spiro atoms. The molecule has 39 heavy (non-hydrogen) atoms. The standard InChI is InChI=1S/C31H37N3O5/c1-28-6-4-19-11-22-26(36)27(37)23(34-15-21(32)16-34)13-29(22)7-8-30(19,39-29)24(28)12-25(35)31(28,38)20-3-2-17-5-9-33-14-18(17)10-20/h2-5,9-11,14,21,23-27,35-38H,6-8,12-13,15-16,32H2,1H3/t23-,24+,25+,26-,27+,28-,29+,30?,31+/m0/s1. The SMILES string of the molecule is C[C@]12CC=C3C=C4[C@H](O)[C@H](O)[C@@H](N5CC(N)C5)C[C@]45CCC3(O5)[C@@H]1C[C@@H](O)[C@]2(O)c1ccc2ccncc2c1. The maximum Gasteiger partial charge on any atom is 0.121 e. The molecule has 1 aromatic carbocycles. The fourth-order valence-electron chi connectivity index (χ4n) is 9.45. The van der Waals surface area contributed by atoms with Crippen LogP contribution in [0.25, 0.3) is 10.8 Å². The molecule has 2 saturated carbocycles. The van der Waals surface area contributed by atoms with Crippen molar-refractivity contribution in [1.82, 2.24) is 9.88 Å². The molecule has 3 aliphatic heterocycles. The minimum Gasteiger partial charge on any atom is -0.390 e. The maximum atomic E-state index is 12.5. The highest BCUT2D eigenvalue weighted by molar-refractivity contribution is 5.82. The van der Waals surface area contributed by atoms with E-state index < -0.39 is 40.5 Å². The fraction of sp³-hybridized carbons (Fsp3) is 0.581. The average molecular weight is 532 g/mol. The minimum absolute atomic E-state index is 0.100. The first-order valence-corrected chi connectivity index (χ1v) is 14.3. The molecule has 2 aromatic rings. The van der Waals surface area contributed by atoms with Crippen molar-refractivity contribution < 1.29 is 25.2 Å². The van der Waals surface area contributed by atoms with Gasteiger partial charge in [0.1, 0.15) is 11.7 Å². The number of hydrogen-bond acceptors (Lipinski definition) is 8. The van der Waals surface area contributed by atoms with Crippen molar-refractivity contribution in [3.63, 3.8) is 0 Å². The van der Waals surface area contributed by atoms with E-state index in [4.69, 9.17) is 10.5 Å². The van der Waals surface area contributed by atoms with Gasteiger partial charge in [-0.1, -0.05) is 31.2 Å². The average Bonchev–Trinajstić information content (AvgIpc) is 3.34. The molecule has 6 N–H and O–H groups in total. The summed E-state index contributed by atoms with van der Waals surface area (Å²) in [5.41, 5.74) is 5.10. The first-order chi connectivity index (χ1) is 18.6. The third kappa shape index (κ3) is 2.90. The Labute approximate surface area is 227 Å². The quantitative estimate of drug-likeness (QED) is 0.394. The maximum absolute atomic E-state index is 12.5. The van der Waals surface area contributed by atoms with Gasteiger partial charge in [0.05, 0.1) is 23.4 Å². The molecule has 2 saturated heterocycles. The van der Waals surface area contributed by atoms with E-state index in [0.29, 0.717) is 37.9 Å². The van der Waals surface area contributed by atoms with Gasteiger partial charge in [-0.25, -0.2) is 0 Å². The van der Waals surface area contributed by atoms with Crippen molar-refractivity contribution in [3.05, 3.63) is 65.5 Å². The van der Waals surface area contributed by atoms with E-state index in [9.17, 15) is 20.4 Å². The van der Waals surface area contributed by atoms with Crippen LogP contribution in [0.4, 0.5) is 0 Å². The van der Waals surface area contributed by atoms with Crippen LogP contribution in [0.3, 0.4) is 0 Å². The molecule has 8 nitrogen and oxygen atoms in total. The summed E-state index contributed by atoms with van der Waals surface area (Å²) < 4.78 is 7.20. The van der Waals surface area contributed by atoms with Crippen molar-refractivity contribution in [2.75, 3.05) is 13.1 Å². The lowest BCUT2D eigenvalue weighted by Gasteiger charge is -2.58. The molecule has 1 unspecified atom stereocenters. The van der Waals surface area contributed by atoms with Crippen LogP contribution in [0.5, 0.6) is 0 Å². The molecule has 0 radical (unpaired) electrons. The van der Waals surface area contributed by atoms with Crippen molar-refractivity contribution in [1.29, 1.82) is 0 Å². The van der Waals surface area contributed by atoms with Gasteiger partial charge >= 0.3 is 0 Å². The highest BCUT2D eigenvalue weighted by atomic mass is 16.5. The van der Waals surface area contributed by atoms with Crippen molar-refractivity contribution >= 4 is 10.8 Å². The Morgan fingerprint density at radius 3 is 2.72 bits per heavy atom. The van der Waals surface area contributed by atoms with E-state index in [0.717, 1.165) is 34.8 Å². The van der Waals surface area contributed by atoms with Gasteiger partial charge in [0, 0.05) is 54.3 Å². The van der Waals surface area contributed by atoms with E-state index in [1.165, 1.54) is 0 Å². The topological polar surface area (TPSA) is 132 Å². The van der Waals surface area contributed by atoms with Gasteiger partial charge in [-0.3, -0.25) is 9.88 Å². The van der Waals surface area contributed by atoms with Crippen molar-refractivity contribution in [3.8, 4) is 0 Å². The van der Waals surface area contributed by atoms with E-state index >= 15 is 0 Å². The molecule has 8 rings (SSSR count). The lowest BCUT2D eigenvalue weighted by Crippen LogP contribution is -2.68. The van der Waals surface area contributed by atoms with Crippen LogP contribution in [-0.4, -0.2) is 85.0 Å². The van der Waals surface area contributed by atoms with Gasteiger partial charge in [0.15, 0.2) is 0 Å². The molecule has 3 aliphatic carbocycles. The summed E-state index contributed by atoms with van der Waals surface area (Å²) in [6.45, 7) is 3.52. The first-order valence-electron chi connectivity index (χ1n) is 14.3.